The second-order valence-electron chi connectivity index (χ2n) is 7.28. The van der Waals surface area contributed by atoms with Gasteiger partial charge in [0.15, 0.2) is 5.78 Å². The summed E-state index contributed by atoms with van der Waals surface area (Å²) in [5, 5.41) is 0. The van der Waals surface area contributed by atoms with Crippen LogP contribution < -0.4 is 4.74 Å². The molecule has 6 heteroatoms. The van der Waals surface area contributed by atoms with Crippen molar-refractivity contribution in [2.75, 3.05) is 39.8 Å². The number of aromatic nitrogens is 2. The highest BCUT2D eigenvalue weighted by Crippen LogP contribution is 2.17. The summed E-state index contributed by atoms with van der Waals surface area (Å²) in [6, 6.07) is 15.6. The largest absolute Gasteiger partial charge is 0.497 e. The van der Waals surface area contributed by atoms with Crippen molar-refractivity contribution in [1.29, 1.82) is 0 Å². The molecule has 0 radical (unpaired) electrons. The monoisotopic (exact) mass is 378 g/mol. The fourth-order valence-electron chi connectivity index (χ4n) is 3.71. The predicted molar refractivity (Wildman–Crippen MR) is 110 cm³/mol. The third-order valence-electron chi connectivity index (χ3n) is 5.49. The Morgan fingerprint density at radius 2 is 1.68 bits per heavy atom. The lowest BCUT2D eigenvalue weighted by Gasteiger charge is -2.34. The Morgan fingerprint density at radius 3 is 2.36 bits per heavy atom. The molecule has 3 aromatic rings. The van der Waals surface area contributed by atoms with Crippen molar-refractivity contribution in [3.8, 4) is 5.75 Å². The van der Waals surface area contributed by atoms with Crippen LogP contribution in [0, 0.1) is 0 Å². The Labute approximate surface area is 165 Å². The Kier molecular flexibility index (Phi) is 5.41. The molecular formula is C22H26N4O2. The van der Waals surface area contributed by atoms with Gasteiger partial charge in [0.2, 0.25) is 0 Å². The summed E-state index contributed by atoms with van der Waals surface area (Å²) in [6.07, 6.45) is 0. The fourth-order valence-corrected chi connectivity index (χ4v) is 3.71. The molecule has 0 amide bonds. The quantitative estimate of drug-likeness (QED) is 0.617. The van der Waals surface area contributed by atoms with E-state index in [0.29, 0.717) is 6.54 Å². The highest BCUT2D eigenvalue weighted by Gasteiger charge is 2.21. The van der Waals surface area contributed by atoms with Gasteiger partial charge in [-0.15, -0.1) is 0 Å². The maximum Gasteiger partial charge on any atom is 0.176 e. The van der Waals surface area contributed by atoms with Gasteiger partial charge in [0.1, 0.15) is 11.6 Å². The van der Waals surface area contributed by atoms with Crippen molar-refractivity contribution in [2.45, 2.75) is 6.54 Å². The van der Waals surface area contributed by atoms with Gasteiger partial charge in [-0.25, -0.2) is 4.98 Å². The Hall–Kier alpha value is -2.70. The molecule has 0 N–H and O–H groups in total. The van der Waals surface area contributed by atoms with Crippen molar-refractivity contribution in [3.05, 3.63) is 59.9 Å². The average molecular weight is 378 g/mol. The molecule has 0 atom stereocenters. The van der Waals surface area contributed by atoms with E-state index >= 15 is 0 Å². The number of rotatable bonds is 6. The number of hydrogen-bond donors (Lipinski definition) is 0. The van der Waals surface area contributed by atoms with E-state index < -0.39 is 0 Å². The number of piperazine rings is 1. The lowest BCUT2D eigenvalue weighted by Crippen LogP contribution is -2.47. The molecule has 1 fully saturated rings. The number of aryl methyl sites for hydroxylation is 1. The van der Waals surface area contributed by atoms with Crippen LogP contribution in [0.3, 0.4) is 0 Å². The second kappa shape index (κ2) is 8.12. The van der Waals surface area contributed by atoms with E-state index in [9.17, 15) is 4.79 Å². The van der Waals surface area contributed by atoms with Crippen LogP contribution in [-0.4, -0.2) is 65.0 Å². The Balaban J connectivity index is 1.31. The average Bonchev–Trinajstić information content (AvgIpc) is 3.05. The van der Waals surface area contributed by atoms with Crippen LogP contribution >= 0.6 is 0 Å². The standard InChI is InChI=1S/C22H26N4O2/c1-24-20-6-4-3-5-19(20)23-22(24)16-26-13-11-25(12-14-26)15-21(27)17-7-9-18(28-2)10-8-17/h3-10H,11-16H2,1-2H3. The first-order chi connectivity index (χ1) is 13.6. The molecule has 0 bridgehead atoms. The number of ether oxygens (including phenoxy) is 1. The van der Waals surface area contributed by atoms with E-state index in [1.807, 2.05) is 36.4 Å². The zero-order valence-electron chi connectivity index (χ0n) is 16.5. The lowest BCUT2D eigenvalue weighted by molar-refractivity contribution is 0.0839. The Bertz CT molecular complexity index is 956. The summed E-state index contributed by atoms with van der Waals surface area (Å²) >= 11 is 0. The van der Waals surface area contributed by atoms with Gasteiger partial charge in [0, 0.05) is 38.8 Å². The third kappa shape index (κ3) is 3.93. The van der Waals surface area contributed by atoms with Gasteiger partial charge in [-0.1, -0.05) is 12.1 Å². The fraction of sp³-hybridized carbons (Fsp3) is 0.364. The van der Waals surface area contributed by atoms with Crippen LogP contribution in [0.5, 0.6) is 5.75 Å². The normalized spacial score (nSPS) is 15.8. The minimum atomic E-state index is 0.159. The topological polar surface area (TPSA) is 50.6 Å². The first-order valence-electron chi connectivity index (χ1n) is 9.66. The maximum atomic E-state index is 12.5. The first-order valence-corrected chi connectivity index (χ1v) is 9.66. The Morgan fingerprint density at radius 1 is 1.00 bits per heavy atom. The molecule has 0 aliphatic carbocycles. The second-order valence-corrected chi connectivity index (χ2v) is 7.28. The van der Waals surface area contributed by atoms with E-state index in [-0.39, 0.29) is 5.78 Å². The molecule has 2 aromatic carbocycles. The number of para-hydroxylation sites is 2. The number of hydrogen-bond acceptors (Lipinski definition) is 5. The van der Waals surface area contributed by atoms with Gasteiger partial charge in [-0.05, 0) is 36.4 Å². The van der Waals surface area contributed by atoms with Gasteiger partial charge in [0.05, 0.1) is 31.2 Å². The minimum absolute atomic E-state index is 0.159. The molecule has 0 unspecified atom stereocenters. The van der Waals surface area contributed by atoms with Crippen LogP contribution in [0.1, 0.15) is 16.2 Å². The van der Waals surface area contributed by atoms with Crippen molar-refractivity contribution in [2.24, 2.45) is 7.05 Å². The highest BCUT2D eigenvalue weighted by atomic mass is 16.5. The maximum absolute atomic E-state index is 12.5. The van der Waals surface area contributed by atoms with Crippen molar-refractivity contribution >= 4 is 16.8 Å². The molecule has 1 aromatic heterocycles. The number of carbonyl (C=O) groups excluding carboxylic acids is 1. The minimum Gasteiger partial charge on any atom is -0.497 e. The number of methoxy groups -OCH3 is 1. The number of nitrogens with zero attached hydrogens (tertiary/aromatic N) is 4. The molecule has 6 nitrogen and oxygen atoms in total. The number of imidazole rings is 1. The highest BCUT2D eigenvalue weighted by molar-refractivity contribution is 5.97. The van der Waals surface area contributed by atoms with Crippen LogP contribution in [0.15, 0.2) is 48.5 Å². The zero-order chi connectivity index (χ0) is 19.5. The van der Waals surface area contributed by atoms with Crippen molar-refractivity contribution in [1.82, 2.24) is 19.4 Å². The molecule has 4 rings (SSSR count). The van der Waals surface area contributed by atoms with Crippen molar-refractivity contribution < 1.29 is 9.53 Å². The van der Waals surface area contributed by atoms with E-state index in [2.05, 4.69) is 33.5 Å². The number of benzene rings is 2. The van der Waals surface area contributed by atoms with E-state index in [4.69, 9.17) is 9.72 Å². The van der Waals surface area contributed by atoms with Gasteiger partial charge < -0.3 is 9.30 Å². The summed E-state index contributed by atoms with van der Waals surface area (Å²) in [4.78, 5) is 21.9. The van der Waals surface area contributed by atoms with E-state index in [0.717, 1.165) is 55.4 Å². The molecule has 1 saturated heterocycles. The number of Topliss-reactive ketones (excluding diaryl/α,β-unsaturated/α-hetero) is 1. The molecular weight excluding hydrogens is 352 g/mol. The van der Waals surface area contributed by atoms with Gasteiger partial charge >= 0.3 is 0 Å². The van der Waals surface area contributed by atoms with Gasteiger partial charge in [-0.2, -0.15) is 0 Å². The van der Waals surface area contributed by atoms with Crippen LogP contribution in [0.4, 0.5) is 0 Å². The molecule has 0 spiro atoms. The van der Waals surface area contributed by atoms with Gasteiger partial charge in [-0.3, -0.25) is 14.6 Å². The number of carbonyl (C=O) groups is 1. The van der Waals surface area contributed by atoms with Crippen LogP contribution in [-0.2, 0) is 13.6 Å². The molecule has 1 aliphatic rings. The van der Waals surface area contributed by atoms with Gasteiger partial charge in [0.25, 0.3) is 0 Å². The van der Waals surface area contributed by atoms with Crippen LogP contribution in [0.25, 0.3) is 11.0 Å². The molecule has 0 saturated carbocycles. The first kappa shape index (κ1) is 18.7. The molecule has 28 heavy (non-hydrogen) atoms. The summed E-state index contributed by atoms with van der Waals surface area (Å²) < 4.78 is 7.33. The summed E-state index contributed by atoms with van der Waals surface area (Å²) in [6.45, 7) is 4.98. The third-order valence-corrected chi connectivity index (χ3v) is 5.49. The van der Waals surface area contributed by atoms with E-state index in [1.165, 1.54) is 5.52 Å². The summed E-state index contributed by atoms with van der Waals surface area (Å²) in [5.74, 6) is 2.02. The molecule has 2 heterocycles. The zero-order valence-corrected chi connectivity index (χ0v) is 16.5. The smallest absolute Gasteiger partial charge is 0.176 e. The van der Waals surface area contributed by atoms with E-state index in [1.54, 1.807) is 7.11 Å². The van der Waals surface area contributed by atoms with Crippen LogP contribution in [0.2, 0.25) is 0 Å². The molecule has 146 valence electrons. The van der Waals surface area contributed by atoms with Crippen molar-refractivity contribution in [3.63, 3.8) is 0 Å². The summed E-state index contributed by atoms with van der Waals surface area (Å²) in [7, 11) is 3.71. The number of ketones is 1. The number of fused-ring (bicyclic) bond motifs is 1. The molecule has 1 aliphatic heterocycles. The SMILES string of the molecule is COc1ccc(C(=O)CN2CCN(Cc3nc4ccccc4n3C)CC2)cc1. The summed E-state index contributed by atoms with van der Waals surface area (Å²) in [5.41, 5.74) is 2.95. The lowest BCUT2D eigenvalue weighted by atomic mass is 10.1. The predicted octanol–water partition coefficient (Wildman–Crippen LogP) is 2.58.